The predicted molar refractivity (Wildman–Crippen MR) is 72.3 cm³/mol. The highest BCUT2D eigenvalue weighted by Crippen LogP contribution is 2.20. The van der Waals surface area contributed by atoms with Crippen molar-refractivity contribution in [3.8, 4) is 0 Å². The van der Waals surface area contributed by atoms with Crippen molar-refractivity contribution >= 4 is 0 Å². The van der Waals surface area contributed by atoms with E-state index in [0.717, 1.165) is 38.5 Å². The molecule has 0 amide bonds. The van der Waals surface area contributed by atoms with E-state index in [2.05, 4.69) is 36.2 Å². The Bertz CT molecular complexity index is 330. The Morgan fingerprint density at radius 1 is 1.39 bits per heavy atom. The van der Waals surface area contributed by atoms with Crippen LogP contribution in [0.3, 0.4) is 0 Å². The maximum Gasteiger partial charge on any atom is 0.140 e. The maximum atomic E-state index is 4.99. The summed E-state index contributed by atoms with van der Waals surface area (Å²) in [6, 6.07) is 0. The smallest absolute Gasteiger partial charge is 0.140 e. The molecule has 18 heavy (non-hydrogen) atoms. The van der Waals surface area contributed by atoms with Gasteiger partial charge in [0.05, 0.1) is 13.2 Å². The first-order valence-electron chi connectivity index (χ1n) is 6.59. The van der Waals surface area contributed by atoms with Crippen LogP contribution in [-0.2, 0) is 17.8 Å². The molecule has 1 aromatic heterocycles. The fourth-order valence-corrected chi connectivity index (χ4v) is 1.75. The average molecular weight is 254 g/mol. The molecule has 0 unspecified atom stereocenters. The summed E-state index contributed by atoms with van der Waals surface area (Å²) in [4.78, 5) is 4.28. The van der Waals surface area contributed by atoms with Crippen LogP contribution in [0.1, 0.15) is 39.4 Å². The summed E-state index contributed by atoms with van der Waals surface area (Å²) in [6.45, 7) is 10.0. The number of aryl methyl sites for hydroxylation is 1. The SMILES string of the molecule is COCCNCc1ncnn1CCCC(C)(C)C. The lowest BCUT2D eigenvalue weighted by Crippen LogP contribution is -2.21. The third kappa shape index (κ3) is 6.12. The van der Waals surface area contributed by atoms with E-state index in [9.17, 15) is 0 Å². The number of aromatic nitrogens is 3. The van der Waals surface area contributed by atoms with Crippen molar-refractivity contribution in [1.82, 2.24) is 20.1 Å². The lowest BCUT2D eigenvalue weighted by molar-refractivity contribution is 0.198. The molecule has 5 heteroatoms. The second-order valence-corrected chi connectivity index (χ2v) is 5.73. The molecule has 0 aliphatic rings. The van der Waals surface area contributed by atoms with Crippen LogP contribution < -0.4 is 5.32 Å². The lowest BCUT2D eigenvalue weighted by Gasteiger charge is -2.17. The molecule has 0 aliphatic heterocycles. The Morgan fingerprint density at radius 2 is 2.17 bits per heavy atom. The van der Waals surface area contributed by atoms with E-state index in [0.29, 0.717) is 5.41 Å². The maximum absolute atomic E-state index is 4.99. The molecular formula is C13H26N4O. The average Bonchev–Trinajstić information content (AvgIpc) is 2.71. The van der Waals surface area contributed by atoms with Crippen LogP contribution in [0.2, 0.25) is 0 Å². The van der Waals surface area contributed by atoms with E-state index in [4.69, 9.17) is 4.74 Å². The summed E-state index contributed by atoms with van der Waals surface area (Å²) in [5.41, 5.74) is 0.386. The van der Waals surface area contributed by atoms with Crippen molar-refractivity contribution in [2.24, 2.45) is 5.41 Å². The Morgan fingerprint density at radius 3 is 2.83 bits per heavy atom. The van der Waals surface area contributed by atoms with Gasteiger partial charge in [-0.15, -0.1) is 0 Å². The van der Waals surface area contributed by atoms with Crippen LogP contribution in [-0.4, -0.2) is 35.0 Å². The fourth-order valence-electron chi connectivity index (χ4n) is 1.75. The van der Waals surface area contributed by atoms with Gasteiger partial charge < -0.3 is 10.1 Å². The molecule has 0 bridgehead atoms. The normalized spacial score (nSPS) is 12.0. The molecule has 0 aliphatic carbocycles. The van der Waals surface area contributed by atoms with Gasteiger partial charge >= 0.3 is 0 Å². The summed E-state index contributed by atoms with van der Waals surface area (Å²) in [7, 11) is 1.71. The van der Waals surface area contributed by atoms with Crippen molar-refractivity contribution in [1.29, 1.82) is 0 Å². The minimum absolute atomic E-state index is 0.386. The highest BCUT2D eigenvalue weighted by atomic mass is 16.5. The molecule has 5 nitrogen and oxygen atoms in total. The summed E-state index contributed by atoms with van der Waals surface area (Å²) in [5, 5.41) is 7.56. The molecule has 0 radical (unpaired) electrons. The van der Waals surface area contributed by atoms with Gasteiger partial charge in [-0.25, -0.2) is 9.67 Å². The second kappa shape index (κ2) is 7.48. The molecule has 0 aromatic carbocycles. The fraction of sp³-hybridized carbons (Fsp3) is 0.846. The number of hydrogen-bond acceptors (Lipinski definition) is 4. The topological polar surface area (TPSA) is 52.0 Å². The zero-order valence-electron chi connectivity index (χ0n) is 12.1. The van der Waals surface area contributed by atoms with Crippen molar-refractivity contribution in [2.75, 3.05) is 20.3 Å². The number of methoxy groups -OCH3 is 1. The third-order valence-corrected chi connectivity index (χ3v) is 2.76. The Hall–Kier alpha value is -0.940. The minimum atomic E-state index is 0.386. The van der Waals surface area contributed by atoms with Gasteiger partial charge in [0.2, 0.25) is 0 Å². The van der Waals surface area contributed by atoms with Gasteiger partial charge in [0.25, 0.3) is 0 Å². The van der Waals surface area contributed by atoms with E-state index in [-0.39, 0.29) is 0 Å². The number of nitrogens with one attached hydrogen (secondary N) is 1. The van der Waals surface area contributed by atoms with Crippen LogP contribution in [0, 0.1) is 5.41 Å². The van der Waals surface area contributed by atoms with Crippen molar-refractivity contribution in [3.63, 3.8) is 0 Å². The first kappa shape index (κ1) is 15.1. The van der Waals surface area contributed by atoms with Crippen molar-refractivity contribution in [3.05, 3.63) is 12.2 Å². The highest BCUT2D eigenvalue weighted by molar-refractivity contribution is 4.83. The molecule has 0 saturated heterocycles. The zero-order valence-corrected chi connectivity index (χ0v) is 12.1. The molecule has 1 aromatic rings. The Kier molecular flexibility index (Phi) is 6.29. The van der Waals surface area contributed by atoms with E-state index in [1.165, 1.54) is 6.42 Å². The summed E-state index contributed by atoms with van der Waals surface area (Å²) in [6.07, 6.45) is 3.96. The summed E-state index contributed by atoms with van der Waals surface area (Å²) >= 11 is 0. The molecule has 0 atom stereocenters. The number of hydrogen-bond donors (Lipinski definition) is 1. The van der Waals surface area contributed by atoms with Crippen molar-refractivity contribution < 1.29 is 4.74 Å². The summed E-state index contributed by atoms with van der Waals surface area (Å²) in [5.74, 6) is 1.00. The highest BCUT2D eigenvalue weighted by Gasteiger charge is 2.10. The third-order valence-electron chi connectivity index (χ3n) is 2.76. The summed E-state index contributed by atoms with van der Waals surface area (Å²) < 4.78 is 6.98. The number of nitrogens with zero attached hydrogens (tertiary/aromatic N) is 3. The molecule has 0 fully saturated rings. The van der Waals surface area contributed by atoms with E-state index in [1.807, 2.05) is 4.68 Å². The quantitative estimate of drug-likeness (QED) is 0.719. The molecule has 104 valence electrons. The number of ether oxygens (including phenoxy) is 1. The first-order valence-corrected chi connectivity index (χ1v) is 6.59. The largest absolute Gasteiger partial charge is 0.383 e. The van der Waals surface area contributed by atoms with Crippen LogP contribution in [0.4, 0.5) is 0 Å². The van der Waals surface area contributed by atoms with E-state index < -0.39 is 0 Å². The zero-order chi connectivity index (χ0) is 13.4. The van der Waals surface area contributed by atoms with Crippen molar-refractivity contribution in [2.45, 2.75) is 46.7 Å². The molecular weight excluding hydrogens is 228 g/mol. The van der Waals surface area contributed by atoms with Crippen LogP contribution in [0.15, 0.2) is 6.33 Å². The standard InChI is InChI=1S/C13H26N4O/c1-13(2,3)6-5-8-17-12(15-11-16-17)10-14-7-9-18-4/h11,14H,5-10H2,1-4H3. The Balaban J connectivity index is 2.31. The molecule has 1 heterocycles. The molecule has 1 N–H and O–H groups in total. The van der Waals surface area contributed by atoms with E-state index >= 15 is 0 Å². The Labute approximate surface area is 110 Å². The molecule has 1 rings (SSSR count). The lowest BCUT2D eigenvalue weighted by atomic mass is 9.91. The van der Waals surface area contributed by atoms with Gasteiger partial charge in [0.1, 0.15) is 12.2 Å². The first-order chi connectivity index (χ1) is 8.53. The monoisotopic (exact) mass is 254 g/mol. The van der Waals surface area contributed by atoms with Gasteiger partial charge in [-0.05, 0) is 18.3 Å². The predicted octanol–water partition coefficient (Wildman–Crippen LogP) is 1.84. The van der Waals surface area contributed by atoms with Gasteiger partial charge in [0, 0.05) is 20.2 Å². The molecule has 0 spiro atoms. The second-order valence-electron chi connectivity index (χ2n) is 5.73. The van der Waals surface area contributed by atoms with Gasteiger partial charge in [0.15, 0.2) is 0 Å². The van der Waals surface area contributed by atoms with Gasteiger partial charge in [-0.1, -0.05) is 20.8 Å². The molecule has 0 saturated carbocycles. The van der Waals surface area contributed by atoms with Crippen LogP contribution in [0.5, 0.6) is 0 Å². The van der Waals surface area contributed by atoms with E-state index in [1.54, 1.807) is 13.4 Å². The van der Waals surface area contributed by atoms with Gasteiger partial charge in [-0.3, -0.25) is 0 Å². The van der Waals surface area contributed by atoms with Crippen LogP contribution in [0.25, 0.3) is 0 Å². The number of rotatable bonds is 8. The minimum Gasteiger partial charge on any atom is -0.383 e. The van der Waals surface area contributed by atoms with Gasteiger partial charge in [-0.2, -0.15) is 5.10 Å². The van der Waals surface area contributed by atoms with Crippen LogP contribution >= 0.6 is 0 Å².